The van der Waals surface area contributed by atoms with Gasteiger partial charge in [0.2, 0.25) is 17.6 Å². The first-order valence-corrected chi connectivity index (χ1v) is 12.7. The standard InChI is InChI=1S/C29H31N5O6/c1-6-7-9-19-23(24-20(37-4)10-8-11-21(24)38-5)26(35)25(28(36)32-19)29(30-3)39-17(2)16-22-33-27(34-40-22)18-12-14-31-15-13-18/h8,10-15H,2,6-7,9,16H2,1,3-5H3,(H2,32,35,36). The Hall–Kier alpha value is -4.93. The fourth-order valence-corrected chi connectivity index (χ4v) is 4.24. The lowest BCUT2D eigenvalue weighted by Gasteiger charge is -2.19. The van der Waals surface area contributed by atoms with Gasteiger partial charge in [-0.25, -0.2) is 0 Å². The highest BCUT2D eigenvalue weighted by Gasteiger charge is 2.27. The number of nitrogens with one attached hydrogen (secondary N) is 1. The van der Waals surface area contributed by atoms with Gasteiger partial charge in [-0.3, -0.25) is 14.8 Å². The van der Waals surface area contributed by atoms with Crippen LogP contribution in [0.5, 0.6) is 17.2 Å². The predicted molar refractivity (Wildman–Crippen MR) is 150 cm³/mol. The van der Waals surface area contributed by atoms with Gasteiger partial charge in [0, 0.05) is 30.7 Å². The van der Waals surface area contributed by atoms with Crippen LogP contribution in [0.1, 0.15) is 36.9 Å². The Balaban J connectivity index is 1.71. The van der Waals surface area contributed by atoms with Crippen molar-refractivity contribution in [3.63, 3.8) is 0 Å². The zero-order valence-electron chi connectivity index (χ0n) is 22.9. The summed E-state index contributed by atoms with van der Waals surface area (Å²) in [5.74, 6) is 1.30. The fraction of sp³-hybridized carbons (Fsp3) is 0.276. The average molecular weight is 546 g/mol. The van der Waals surface area contributed by atoms with Gasteiger partial charge in [-0.05, 0) is 37.1 Å². The number of aromatic amines is 1. The van der Waals surface area contributed by atoms with Gasteiger partial charge in [-0.2, -0.15) is 4.98 Å². The number of rotatable bonds is 11. The van der Waals surface area contributed by atoms with Crippen LogP contribution in [0, 0.1) is 0 Å². The lowest BCUT2D eigenvalue weighted by Crippen LogP contribution is -2.23. The Morgan fingerprint density at radius 2 is 1.82 bits per heavy atom. The molecule has 0 radical (unpaired) electrons. The molecule has 0 bridgehead atoms. The van der Waals surface area contributed by atoms with E-state index in [2.05, 4.69) is 31.7 Å². The highest BCUT2D eigenvalue weighted by molar-refractivity contribution is 6.00. The molecule has 11 nitrogen and oxygen atoms in total. The van der Waals surface area contributed by atoms with Crippen molar-refractivity contribution in [2.24, 2.45) is 4.99 Å². The van der Waals surface area contributed by atoms with Crippen molar-refractivity contribution >= 4 is 5.90 Å². The molecule has 208 valence electrons. The van der Waals surface area contributed by atoms with E-state index in [9.17, 15) is 9.90 Å². The van der Waals surface area contributed by atoms with Gasteiger partial charge >= 0.3 is 0 Å². The van der Waals surface area contributed by atoms with Crippen molar-refractivity contribution in [2.75, 3.05) is 21.3 Å². The second-order valence-corrected chi connectivity index (χ2v) is 8.77. The molecule has 0 saturated heterocycles. The highest BCUT2D eigenvalue weighted by atomic mass is 16.5. The summed E-state index contributed by atoms with van der Waals surface area (Å²) in [6.45, 7) is 5.97. The van der Waals surface area contributed by atoms with E-state index in [0.717, 1.165) is 18.4 Å². The minimum absolute atomic E-state index is 0.0531. The Morgan fingerprint density at radius 3 is 2.45 bits per heavy atom. The lowest BCUT2D eigenvalue weighted by molar-refractivity contribution is 0.348. The maximum absolute atomic E-state index is 13.3. The quantitative estimate of drug-likeness (QED) is 0.156. The number of ether oxygens (including phenoxy) is 3. The predicted octanol–water partition coefficient (Wildman–Crippen LogP) is 4.70. The van der Waals surface area contributed by atoms with E-state index >= 15 is 0 Å². The Kier molecular flexibility index (Phi) is 8.95. The molecule has 0 amide bonds. The molecular formula is C29H31N5O6. The summed E-state index contributed by atoms with van der Waals surface area (Å²) >= 11 is 0. The van der Waals surface area contributed by atoms with Gasteiger partial charge < -0.3 is 28.8 Å². The first kappa shape index (κ1) is 28.1. The number of benzene rings is 1. The van der Waals surface area contributed by atoms with Gasteiger partial charge in [-0.1, -0.05) is 31.1 Å². The molecule has 0 fully saturated rings. The minimum Gasteiger partial charge on any atom is -0.506 e. The second kappa shape index (κ2) is 12.7. The molecule has 0 aliphatic heterocycles. The Morgan fingerprint density at radius 1 is 1.12 bits per heavy atom. The van der Waals surface area contributed by atoms with Crippen molar-refractivity contribution < 1.29 is 23.8 Å². The summed E-state index contributed by atoms with van der Waals surface area (Å²) in [5, 5.41) is 15.6. The Labute approximate surface area is 231 Å². The number of allylic oxidation sites excluding steroid dienone is 1. The van der Waals surface area contributed by atoms with Gasteiger partial charge in [0.05, 0.1) is 31.8 Å². The zero-order valence-corrected chi connectivity index (χ0v) is 22.9. The summed E-state index contributed by atoms with van der Waals surface area (Å²) < 4.78 is 22.4. The molecule has 4 rings (SSSR count). The number of nitrogens with zero attached hydrogens (tertiary/aromatic N) is 4. The Bertz CT molecular complexity index is 1550. The van der Waals surface area contributed by atoms with Gasteiger partial charge in [0.15, 0.2) is 0 Å². The fourth-order valence-electron chi connectivity index (χ4n) is 4.24. The van der Waals surface area contributed by atoms with Gasteiger partial charge in [-0.15, -0.1) is 0 Å². The van der Waals surface area contributed by atoms with E-state index in [0.29, 0.717) is 40.6 Å². The molecule has 3 aromatic heterocycles. The second-order valence-electron chi connectivity index (χ2n) is 8.77. The number of pyridine rings is 2. The van der Waals surface area contributed by atoms with E-state index in [1.807, 2.05) is 6.92 Å². The number of aromatic hydroxyl groups is 1. The molecule has 3 heterocycles. The number of aromatic nitrogens is 4. The number of H-pyrrole nitrogens is 1. The number of hydrogen-bond donors (Lipinski definition) is 2. The summed E-state index contributed by atoms with van der Waals surface area (Å²) in [6.07, 6.45) is 5.49. The summed E-state index contributed by atoms with van der Waals surface area (Å²) in [6, 6.07) is 8.80. The van der Waals surface area contributed by atoms with Crippen molar-refractivity contribution in [1.82, 2.24) is 20.1 Å². The van der Waals surface area contributed by atoms with Gasteiger partial charge in [0.1, 0.15) is 28.6 Å². The third-order valence-corrected chi connectivity index (χ3v) is 6.14. The molecule has 0 aliphatic carbocycles. The number of unbranched alkanes of at least 4 members (excludes halogenated alkanes) is 1. The van der Waals surface area contributed by atoms with Crippen molar-refractivity contribution in [3.05, 3.63) is 82.6 Å². The third kappa shape index (κ3) is 5.88. The van der Waals surface area contributed by atoms with Crippen LogP contribution in [-0.2, 0) is 17.6 Å². The molecule has 1 aromatic carbocycles. The average Bonchev–Trinajstić information content (AvgIpc) is 3.43. The first-order valence-electron chi connectivity index (χ1n) is 12.7. The molecule has 0 unspecified atom stereocenters. The summed E-state index contributed by atoms with van der Waals surface area (Å²) in [4.78, 5) is 28.7. The van der Waals surface area contributed by atoms with Crippen LogP contribution in [0.3, 0.4) is 0 Å². The number of hydrogen-bond acceptors (Lipinski definition) is 10. The minimum atomic E-state index is -0.563. The molecule has 4 aromatic rings. The lowest BCUT2D eigenvalue weighted by atomic mass is 9.95. The first-order chi connectivity index (χ1) is 19.4. The van der Waals surface area contributed by atoms with Crippen LogP contribution < -0.4 is 15.0 Å². The smallest absolute Gasteiger partial charge is 0.264 e. The topological polar surface area (TPSA) is 145 Å². The summed E-state index contributed by atoms with van der Waals surface area (Å²) in [7, 11) is 4.50. The highest BCUT2D eigenvalue weighted by Crippen LogP contribution is 2.44. The van der Waals surface area contributed by atoms with Crippen LogP contribution >= 0.6 is 0 Å². The van der Waals surface area contributed by atoms with Crippen molar-refractivity contribution in [3.8, 4) is 39.8 Å². The van der Waals surface area contributed by atoms with E-state index in [-0.39, 0.29) is 35.3 Å². The molecular weight excluding hydrogens is 514 g/mol. The third-order valence-electron chi connectivity index (χ3n) is 6.14. The van der Waals surface area contributed by atoms with Crippen LogP contribution in [-0.4, -0.2) is 52.4 Å². The molecule has 0 aliphatic rings. The van der Waals surface area contributed by atoms with Crippen molar-refractivity contribution in [1.29, 1.82) is 0 Å². The van der Waals surface area contributed by atoms with Crippen LogP contribution in [0.15, 0.2) is 69.4 Å². The number of aryl methyl sites for hydroxylation is 1. The molecule has 11 heteroatoms. The normalized spacial score (nSPS) is 11.3. The number of methoxy groups -OCH3 is 2. The van der Waals surface area contributed by atoms with Gasteiger partial charge in [0.25, 0.3) is 5.56 Å². The SMILES string of the molecule is C=C(Cc1nc(-c2ccncc2)no1)OC(=NC)c1c(O)c(-c2c(OC)cccc2OC)c(CCCC)[nH]c1=O. The molecule has 2 N–H and O–H groups in total. The monoisotopic (exact) mass is 545 g/mol. The van der Waals surface area contributed by atoms with Crippen LogP contribution in [0.25, 0.3) is 22.5 Å². The van der Waals surface area contributed by atoms with E-state index in [4.69, 9.17) is 18.7 Å². The van der Waals surface area contributed by atoms with E-state index < -0.39 is 5.56 Å². The molecule has 0 saturated carbocycles. The zero-order chi connectivity index (χ0) is 28.6. The largest absolute Gasteiger partial charge is 0.506 e. The molecule has 0 atom stereocenters. The maximum atomic E-state index is 13.3. The van der Waals surface area contributed by atoms with Crippen LogP contribution in [0.2, 0.25) is 0 Å². The van der Waals surface area contributed by atoms with E-state index in [1.54, 1.807) is 42.7 Å². The molecule has 40 heavy (non-hydrogen) atoms. The van der Waals surface area contributed by atoms with Crippen molar-refractivity contribution in [2.45, 2.75) is 32.6 Å². The summed E-state index contributed by atoms with van der Waals surface area (Å²) in [5.41, 5.74) is 1.43. The molecule has 0 spiro atoms. The number of aliphatic imine (C=N–C) groups is 1. The van der Waals surface area contributed by atoms with Crippen LogP contribution in [0.4, 0.5) is 0 Å². The van der Waals surface area contributed by atoms with E-state index in [1.165, 1.54) is 21.3 Å². The maximum Gasteiger partial charge on any atom is 0.264 e.